The van der Waals surface area contributed by atoms with Crippen LogP contribution in [0.3, 0.4) is 0 Å². The van der Waals surface area contributed by atoms with Crippen molar-refractivity contribution in [1.29, 1.82) is 0 Å². The van der Waals surface area contributed by atoms with Crippen molar-refractivity contribution in [1.82, 2.24) is 29.3 Å². The van der Waals surface area contributed by atoms with Crippen LogP contribution in [0.2, 0.25) is 5.02 Å². The molecule has 2 saturated heterocycles. The molecule has 4 heterocycles. The summed E-state index contributed by atoms with van der Waals surface area (Å²) in [5.41, 5.74) is 10.1. The number of ether oxygens (including phenoxy) is 2. The lowest BCUT2D eigenvalue weighted by Crippen LogP contribution is -2.50. The minimum Gasteiger partial charge on any atom is -0.483 e. The minimum absolute atomic E-state index is 0.0859. The third-order valence-corrected chi connectivity index (χ3v) is 7.62. The second-order valence-electron chi connectivity index (χ2n) is 10.1. The number of carbonyl (C=O) groups excluding carboxylic acids is 1. The molecular formula is C26H31ClN10O6. The Morgan fingerprint density at radius 2 is 2.05 bits per heavy atom. The topological polar surface area (TPSA) is 204 Å². The number of carbonyl (C=O) groups is 2. The number of anilines is 1. The number of nitrogens with one attached hydrogen (secondary N) is 1. The summed E-state index contributed by atoms with van der Waals surface area (Å²) < 4.78 is 12.8. The molecule has 3 aromatic rings. The Labute approximate surface area is 250 Å². The SMILES string of the molecule is CCCN1CCN(C(=O)COc2ccc(Cl)cc2CNc2ncnc3c2ncn3C2OC(C(=O)O)C(N=[N+]=[N-])C2O)CC1. The van der Waals surface area contributed by atoms with E-state index >= 15 is 0 Å². The molecule has 1 aromatic carbocycles. The van der Waals surface area contributed by atoms with Crippen molar-refractivity contribution in [2.45, 2.75) is 44.4 Å². The van der Waals surface area contributed by atoms with Crippen LogP contribution in [-0.2, 0) is 20.9 Å². The highest BCUT2D eigenvalue weighted by atomic mass is 35.5. The molecule has 4 unspecified atom stereocenters. The molecule has 0 saturated carbocycles. The highest BCUT2D eigenvalue weighted by Crippen LogP contribution is 2.34. The Kier molecular flexibility index (Phi) is 9.43. The number of amides is 1. The second-order valence-corrected chi connectivity index (χ2v) is 10.6. The number of aromatic nitrogens is 4. The summed E-state index contributed by atoms with van der Waals surface area (Å²) >= 11 is 6.26. The number of fused-ring (bicyclic) bond motifs is 1. The Bertz CT molecular complexity index is 1520. The molecule has 1 amide bonds. The van der Waals surface area contributed by atoms with E-state index in [4.69, 9.17) is 26.6 Å². The van der Waals surface area contributed by atoms with Gasteiger partial charge in [-0.2, -0.15) is 0 Å². The third kappa shape index (κ3) is 6.58. The van der Waals surface area contributed by atoms with E-state index in [0.29, 0.717) is 40.8 Å². The van der Waals surface area contributed by atoms with Crippen LogP contribution in [0.25, 0.3) is 21.6 Å². The molecule has 2 aliphatic heterocycles. The van der Waals surface area contributed by atoms with Crippen LogP contribution in [0, 0.1) is 0 Å². The summed E-state index contributed by atoms with van der Waals surface area (Å²) in [6, 6.07) is 3.76. The van der Waals surface area contributed by atoms with E-state index < -0.39 is 30.4 Å². The molecule has 0 bridgehead atoms. The summed E-state index contributed by atoms with van der Waals surface area (Å²) in [4.78, 5) is 44.1. The number of azide groups is 1. The predicted octanol–water partition coefficient (Wildman–Crippen LogP) is 2.05. The van der Waals surface area contributed by atoms with Crippen molar-refractivity contribution in [3.63, 3.8) is 0 Å². The van der Waals surface area contributed by atoms with Crippen molar-refractivity contribution < 1.29 is 29.3 Å². The maximum atomic E-state index is 12.8. The van der Waals surface area contributed by atoms with Gasteiger partial charge in [-0.1, -0.05) is 23.6 Å². The number of carboxylic acids is 1. The molecule has 43 heavy (non-hydrogen) atoms. The third-order valence-electron chi connectivity index (χ3n) is 7.38. The van der Waals surface area contributed by atoms with E-state index in [0.717, 1.165) is 26.1 Å². The van der Waals surface area contributed by atoms with Crippen LogP contribution in [0.5, 0.6) is 5.75 Å². The maximum Gasteiger partial charge on any atom is 0.333 e. The lowest BCUT2D eigenvalue weighted by Gasteiger charge is -2.34. The highest BCUT2D eigenvalue weighted by Gasteiger charge is 2.48. The maximum absolute atomic E-state index is 12.8. The minimum atomic E-state index is -1.55. The predicted molar refractivity (Wildman–Crippen MR) is 153 cm³/mol. The monoisotopic (exact) mass is 614 g/mol. The normalized spacial score (nSPS) is 22.3. The van der Waals surface area contributed by atoms with Gasteiger partial charge in [-0.3, -0.25) is 14.3 Å². The average molecular weight is 615 g/mol. The number of hydrogen-bond acceptors (Lipinski definition) is 11. The lowest BCUT2D eigenvalue weighted by molar-refractivity contribution is -0.152. The summed E-state index contributed by atoms with van der Waals surface area (Å²) in [6.45, 7) is 6.29. The van der Waals surface area contributed by atoms with Gasteiger partial charge in [0.15, 0.2) is 35.9 Å². The number of imidazole rings is 1. The number of aliphatic hydroxyl groups is 1. The molecule has 2 aromatic heterocycles. The quantitative estimate of drug-likeness (QED) is 0.162. The van der Waals surface area contributed by atoms with Gasteiger partial charge < -0.3 is 29.9 Å². The summed E-state index contributed by atoms with van der Waals surface area (Å²) in [5, 5.41) is 27.2. The van der Waals surface area contributed by atoms with Crippen LogP contribution < -0.4 is 10.1 Å². The number of piperazine rings is 1. The fourth-order valence-electron chi connectivity index (χ4n) is 5.22. The van der Waals surface area contributed by atoms with Gasteiger partial charge in [0.05, 0.1) is 6.33 Å². The van der Waals surface area contributed by atoms with Crippen LogP contribution >= 0.6 is 11.6 Å². The molecule has 2 fully saturated rings. The van der Waals surface area contributed by atoms with Crippen LogP contribution in [0.1, 0.15) is 25.1 Å². The second kappa shape index (κ2) is 13.4. The Balaban J connectivity index is 1.28. The van der Waals surface area contributed by atoms with Gasteiger partial charge in [-0.15, -0.1) is 0 Å². The molecule has 0 radical (unpaired) electrons. The van der Waals surface area contributed by atoms with Gasteiger partial charge in [0, 0.05) is 48.2 Å². The first-order chi connectivity index (χ1) is 20.8. The zero-order chi connectivity index (χ0) is 30.5. The number of aliphatic hydroxyl groups excluding tert-OH is 1. The standard InChI is InChI=1S/C26H31ClN10O6/c1-2-5-35-6-8-36(9-7-35)18(38)12-42-17-4-3-16(27)10-15(17)11-29-23-20-24(31-13-30-23)37(14-32-20)25-21(39)19(33-34-28)22(43-25)26(40)41/h3-4,10,13-14,19,21-22,25,39H,2,5-9,11-12H2,1H3,(H,40,41)(H,29,30,31). The summed E-state index contributed by atoms with van der Waals surface area (Å²) in [5.74, 6) is -0.644. The zero-order valence-corrected chi connectivity index (χ0v) is 24.0. The number of benzene rings is 1. The van der Waals surface area contributed by atoms with Gasteiger partial charge in [0.2, 0.25) is 0 Å². The number of hydrogen-bond donors (Lipinski definition) is 3. The summed E-state index contributed by atoms with van der Waals surface area (Å²) in [7, 11) is 0. The molecule has 0 spiro atoms. The Morgan fingerprint density at radius 1 is 1.26 bits per heavy atom. The van der Waals surface area contributed by atoms with Crippen molar-refractivity contribution in [3.05, 3.63) is 51.9 Å². The fourth-order valence-corrected chi connectivity index (χ4v) is 5.42. The largest absolute Gasteiger partial charge is 0.483 e. The van der Waals surface area contributed by atoms with E-state index in [2.05, 4.69) is 42.1 Å². The molecule has 228 valence electrons. The van der Waals surface area contributed by atoms with E-state index in [1.807, 2.05) is 4.90 Å². The number of nitrogens with zero attached hydrogens (tertiary/aromatic N) is 9. The fraction of sp³-hybridized carbons (Fsp3) is 0.500. The first-order valence-corrected chi connectivity index (χ1v) is 14.1. The molecule has 4 atom stereocenters. The van der Waals surface area contributed by atoms with Crippen LogP contribution in [0.4, 0.5) is 5.82 Å². The van der Waals surface area contributed by atoms with Crippen LogP contribution in [-0.4, -0.2) is 109 Å². The van der Waals surface area contributed by atoms with Gasteiger partial charge in [0.25, 0.3) is 5.91 Å². The van der Waals surface area contributed by atoms with E-state index in [-0.39, 0.29) is 24.7 Å². The zero-order valence-electron chi connectivity index (χ0n) is 23.3. The van der Waals surface area contributed by atoms with E-state index in [9.17, 15) is 19.8 Å². The van der Waals surface area contributed by atoms with Gasteiger partial charge >= 0.3 is 5.97 Å². The molecule has 3 N–H and O–H groups in total. The highest BCUT2D eigenvalue weighted by molar-refractivity contribution is 6.30. The van der Waals surface area contributed by atoms with E-state index in [1.165, 1.54) is 17.2 Å². The Morgan fingerprint density at radius 3 is 2.77 bits per heavy atom. The van der Waals surface area contributed by atoms with Crippen molar-refractivity contribution in [3.8, 4) is 5.75 Å². The number of aliphatic carboxylic acids is 1. The smallest absolute Gasteiger partial charge is 0.333 e. The van der Waals surface area contributed by atoms with Gasteiger partial charge in [-0.25, -0.2) is 19.7 Å². The first kappa shape index (κ1) is 30.3. The molecular weight excluding hydrogens is 584 g/mol. The number of carboxylic acid groups (broad SMARTS) is 1. The van der Waals surface area contributed by atoms with Crippen LogP contribution in [0.15, 0.2) is 36.0 Å². The number of halogens is 1. The van der Waals surface area contributed by atoms with Gasteiger partial charge in [-0.05, 0) is 36.7 Å². The molecule has 5 rings (SSSR count). The molecule has 16 nitrogen and oxygen atoms in total. The molecule has 2 aliphatic rings. The van der Waals surface area contributed by atoms with E-state index in [1.54, 1.807) is 18.2 Å². The van der Waals surface area contributed by atoms with Crippen molar-refractivity contribution >= 4 is 40.5 Å². The lowest BCUT2D eigenvalue weighted by atomic mass is 10.1. The molecule has 0 aliphatic carbocycles. The van der Waals surface area contributed by atoms with Crippen molar-refractivity contribution in [2.75, 3.05) is 44.6 Å². The number of rotatable bonds is 11. The van der Waals surface area contributed by atoms with Gasteiger partial charge in [0.1, 0.15) is 24.2 Å². The first-order valence-electron chi connectivity index (χ1n) is 13.7. The summed E-state index contributed by atoms with van der Waals surface area (Å²) in [6.07, 6.45) is -0.543. The van der Waals surface area contributed by atoms with Crippen molar-refractivity contribution in [2.24, 2.45) is 5.11 Å². The Hall–Kier alpha value is -4.21. The molecule has 17 heteroatoms. The average Bonchev–Trinajstić information content (AvgIpc) is 3.57.